The SMILES string of the molecule is CC(Cl)C(=O)C(C)CCOc1ccc(C(=O)O)cc1. The van der Waals surface area contributed by atoms with Crippen LogP contribution in [-0.4, -0.2) is 28.8 Å². The maximum atomic E-state index is 11.6. The van der Waals surface area contributed by atoms with E-state index in [1.54, 1.807) is 19.1 Å². The van der Waals surface area contributed by atoms with Crippen LogP contribution in [0.4, 0.5) is 0 Å². The number of aromatic carboxylic acids is 1. The Morgan fingerprint density at radius 1 is 1.26 bits per heavy atom. The van der Waals surface area contributed by atoms with Gasteiger partial charge in [-0.2, -0.15) is 0 Å². The molecule has 0 radical (unpaired) electrons. The fraction of sp³-hybridized carbons (Fsp3) is 0.429. The van der Waals surface area contributed by atoms with Crippen molar-refractivity contribution in [3.63, 3.8) is 0 Å². The highest BCUT2D eigenvalue weighted by Gasteiger charge is 2.17. The molecule has 1 aromatic carbocycles. The highest BCUT2D eigenvalue weighted by atomic mass is 35.5. The summed E-state index contributed by atoms with van der Waals surface area (Å²) in [6.07, 6.45) is 0.580. The summed E-state index contributed by atoms with van der Waals surface area (Å²) in [5.74, 6) is -0.525. The normalized spacial score (nSPS) is 13.6. The molecule has 0 bridgehead atoms. The average Bonchev–Trinajstić information content (AvgIpc) is 2.38. The van der Waals surface area contributed by atoms with Crippen LogP contribution in [-0.2, 0) is 4.79 Å². The number of carboxylic acid groups (broad SMARTS) is 1. The van der Waals surface area contributed by atoms with E-state index in [9.17, 15) is 9.59 Å². The summed E-state index contributed by atoms with van der Waals surface area (Å²) in [6, 6.07) is 6.15. The zero-order valence-electron chi connectivity index (χ0n) is 10.9. The van der Waals surface area contributed by atoms with Crippen molar-refractivity contribution in [1.82, 2.24) is 0 Å². The molecule has 1 aromatic rings. The van der Waals surface area contributed by atoms with Gasteiger partial charge in [0.1, 0.15) is 5.75 Å². The number of hydrogen-bond donors (Lipinski definition) is 1. The lowest BCUT2D eigenvalue weighted by Gasteiger charge is -2.12. The molecule has 5 heteroatoms. The van der Waals surface area contributed by atoms with Crippen molar-refractivity contribution in [2.45, 2.75) is 25.6 Å². The van der Waals surface area contributed by atoms with Crippen LogP contribution in [0.3, 0.4) is 0 Å². The quantitative estimate of drug-likeness (QED) is 0.782. The van der Waals surface area contributed by atoms with Gasteiger partial charge in [0.25, 0.3) is 0 Å². The highest BCUT2D eigenvalue weighted by molar-refractivity contribution is 6.31. The molecule has 2 unspecified atom stereocenters. The first-order chi connectivity index (χ1) is 8.91. The Balaban J connectivity index is 2.41. The minimum absolute atomic E-state index is 0.00601. The summed E-state index contributed by atoms with van der Waals surface area (Å²) in [6.45, 7) is 3.87. The Hall–Kier alpha value is -1.55. The van der Waals surface area contributed by atoms with Crippen LogP contribution >= 0.6 is 11.6 Å². The molecule has 0 saturated carbocycles. The molecule has 0 aliphatic heterocycles. The van der Waals surface area contributed by atoms with E-state index in [0.717, 1.165) is 0 Å². The third kappa shape index (κ3) is 4.91. The van der Waals surface area contributed by atoms with Gasteiger partial charge in [-0.1, -0.05) is 6.92 Å². The van der Waals surface area contributed by atoms with Crippen molar-refractivity contribution in [3.8, 4) is 5.75 Å². The molecule has 0 amide bonds. The van der Waals surface area contributed by atoms with Crippen molar-refractivity contribution in [3.05, 3.63) is 29.8 Å². The minimum atomic E-state index is -0.970. The molecule has 104 valence electrons. The standard InChI is InChI=1S/C14H17ClO4/c1-9(13(16)10(2)15)7-8-19-12-5-3-11(4-6-12)14(17)18/h3-6,9-10H,7-8H2,1-2H3,(H,17,18). The predicted octanol–water partition coefficient (Wildman–Crippen LogP) is 2.99. The first-order valence-corrected chi connectivity index (χ1v) is 6.49. The van der Waals surface area contributed by atoms with Crippen molar-refractivity contribution < 1.29 is 19.4 Å². The highest BCUT2D eigenvalue weighted by Crippen LogP contribution is 2.15. The second-order valence-electron chi connectivity index (χ2n) is 4.39. The first-order valence-electron chi connectivity index (χ1n) is 6.05. The largest absolute Gasteiger partial charge is 0.494 e. The molecule has 0 fully saturated rings. The van der Waals surface area contributed by atoms with E-state index in [1.807, 2.05) is 6.92 Å². The molecule has 0 spiro atoms. The number of Topliss-reactive ketones (excluding diaryl/α,β-unsaturated/α-hetero) is 1. The minimum Gasteiger partial charge on any atom is -0.494 e. The van der Waals surface area contributed by atoms with E-state index in [2.05, 4.69) is 0 Å². The number of carbonyl (C=O) groups is 2. The van der Waals surface area contributed by atoms with Crippen molar-refractivity contribution in [2.75, 3.05) is 6.61 Å². The van der Waals surface area contributed by atoms with Crippen molar-refractivity contribution in [2.24, 2.45) is 5.92 Å². The van der Waals surface area contributed by atoms with Gasteiger partial charge in [-0.15, -0.1) is 11.6 Å². The molecule has 2 atom stereocenters. The first kappa shape index (κ1) is 15.5. The number of carboxylic acids is 1. The van der Waals surface area contributed by atoms with Crippen LogP contribution in [0.1, 0.15) is 30.6 Å². The number of hydrogen-bond acceptors (Lipinski definition) is 3. The van der Waals surface area contributed by atoms with Gasteiger partial charge in [0.05, 0.1) is 17.5 Å². The number of halogens is 1. The van der Waals surface area contributed by atoms with E-state index >= 15 is 0 Å². The van der Waals surface area contributed by atoms with Crippen LogP contribution in [0, 0.1) is 5.92 Å². The maximum absolute atomic E-state index is 11.6. The number of ether oxygens (including phenoxy) is 1. The van der Waals surface area contributed by atoms with Gasteiger partial charge in [0.15, 0.2) is 5.78 Å². The Morgan fingerprint density at radius 3 is 2.32 bits per heavy atom. The Bertz CT molecular complexity index is 439. The van der Waals surface area contributed by atoms with Crippen LogP contribution in [0.5, 0.6) is 5.75 Å². The lowest BCUT2D eigenvalue weighted by Crippen LogP contribution is -2.21. The average molecular weight is 285 g/mol. The van der Waals surface area contributed by atoms with Gasteiger partial charge in [-0.3, -0.25) is 4.79 Å². The van der Waals surface area contributed by atoms with E-state index in [4.69, 9.17) is 21.4 Å². The zero-order valence-corrected chi connectivity index (χ0v) is 11.7. The smallest absolute Gasteiger partial charge is 0.335 e. The second-order valence-corrected chi connectivity index (χ2v) is 5.04. The number of ketones is 1. The molecular formula is C14H17ClO4. The number of rotatable bonds is 7. The third-order valence-corrected chi connectivity index (χ3v) is 3.01. The van der Waals surface area contributed by atoms with E-state index in [-0.39, 0.29) is 17.3 Å². The monoisotopic (exact) mass is 284 g/mol. The van der Waals surface area contributed by atoms with Gasteiger partial charge in [-0.05, 0) is 37.6 Å². The summed E-state index contributed by atoms with van der Waals surface area (Å²) < 4.78 is 5.45. The van der Waals surface area contributed by atoms with Crippen LogP contribution in [0.25, 0.3) is 0 Å². The topological polar surface area (TPSA) is 63.6 Å². The maximum Gasteiger partial charge on any atom is 0.335 e. The molecule has 1 N–H and O–H groups in total. The van der Waals surface area contributed by atoms with Crippen LogP contribution in [0.2, 0.25) is 0 Å². The summed E-state index contributed by atoms with van der Waals surface area (Å²) >= 11 is 5.72. The van der Waals surface area contributed by atoms with Gasteiger partial charge in [0, 0.05) is 5.92 Å². The van der Waals surface area contributed by atoms with E-state index < -0.39 is 11.3 Å². The number of carbonyl (C=O) groups excluding carboxylic acids is 1. The molecule has 1 rings (SSSR count). The molecular weight excluding hydrogens is 268 g/mol. The van der Waals surface area contributed by atoms with Crippen LogP contribution < -0.4 is 4.74 Å². The molecule has 0 saturated heterocycles. The van der Waals surface area contributed by atoms with Gasteiger partial charge in [0.2, 0.25) is 0 Å². The van der Waals surface area contributed by atoms with Gasteiger partial charge < -0.3 is 9.84 Å². The third-order valence-electron chi connectivity index (χ3n) is 2.80. The Morgan fingerprint density at radius 2 is 1.84 bits per heavy atom. The summed E-state index contributed by atoms with van der Waals surface area (Å²) in [4.78, 5) is 22.2. The molecule has 0 aliphatic carbocycles. The summed E-state index contributed by atoms with van der Waals surface area (Å²) in [5.41, 5.74) is 0.215. The van der Waals surface area contributed by atoms with Gasteiger partial charge in [-0.25, -0.2) is 4.79 Å². The fourth-order valence-electron chi connectivity index (χ4n) is 1.58. The fourth-order valence-corrected chi connectivity index (χ4v) is 1.80. The van der Waals surface area contributed by atoms with Gasteiger partial charge >= 0.3 is 5.97 Å². The van der Waals surface area contributed by atoms with E-state index in [0.29, 0.717) is 18.8 Å². The Kier molecular flexibility index (Phi) is 5.83. The Labute approximate surface area is 117 Å². The van der Waals surface area contributed by atoms with E-state index in [1.165, 1.54) is 12.1 Å². The molecule has 4 nitrogen and oxygen atoms in total. The number of benzene rings is 1. The lowest BCUT2D eigenvalue weighted by molar-refractivity contribution is -0.122. The molecule has 19 heavy (non-hydrogen) atoms. The number of alkyl halides is 1. The molecule has 0 aliphatic rings. The van der Waals surface area contributed by atoms with Crippen molar-refractivity contribution in [1.29, 1.82) is 0 Å². The zero-order chi connectivity index (χ0) is 14.4. The molecule has 0 heterocycles. The molecule has 0 aromatic heterocycles. The predicted molar refractivity (Wildman–Crippen MR) is 73.0 cm³/mol. The summed E-state index contributed by atoms with van der Waals surface area (Å²) in [5, 5.41) is 8.27. The van der Waals surface area contributed by atoms with Crippen LogP contribution in [0.15, 0.2) is 24.3 Å². The second kappa shape index (κ2) is 7.14. The van der Waals surface area contributed by atoms with Crippen molar-refractivity contribution >= 4 is 23.4 Å². The lowest BCUT2D eigenvalue weighted by atomic mass is 10.0. The summed E-state index contributed by atoms with van der Waals surface area (Å²) in [7, 11) is 0.